The van der Waals surface area contributed by atoms with E-state index in [1.807, 2.05) is 24.3 Å². The standard InChI is InChI=1S/C35H34Cl2N2O6/c36-17-27(44-33(40)19-38)21-42-25-13-9-23(10-14-25)35(31-7-3-1-5-29(31)30-6-2-4-8-32(30)35)24-11-15-26(16-12-24)43-22-28(18-37)45-34(41)20-39/h1-16,27-28H,17-22,38-39H2/t27-,28?/m1/s1. The van der Waals surface area contributed by atoms with Gasteiger partial charge < -0.3 is 30.4 Å². The number of esters is 2. The van der Waals surface area contributed by atoms with Crippen LogP contribution in [0.2, 0.25) is 0 Å². The predicted molar refractivity (Wildman–Crippen MR) is 174 cm³/mol. The van der Waals surface area contributed by atoms with Crippen molar-refractivity contribution in [1.29, 1.82) is 0 Å². The van der Waals surface area contributed by atoms with Crippen molar-refractivity contribution >= 4 is 35.1 Å². The monoisotopic (exact) mass is 648 g/mol. The molecule has 10 heteroatoms. The maximum absolute atomic E-state index is 11.6. The van der Waals surface area contributed by atoms with Gasteiger partial charge in [0.25, 0.3) is 0 Å². The second-order valence-corrected chi connectivity index (χ2v) is 11.1. The number of benzene rings is 4. The molecule has 4 N–H and O–H groups in total. The first-order valence-corrected chi connectivity index (χ1v) is 15.6. The molecule has 5 rings (SSSR count). The molecule has 0 saturated carbocycles. The lowest BCUT2D eigenvalue weighted by Gasteiger charge is -2.34. The number of halogens is 2. The van der Waals surface area contributed by atoms with E-state index in [1.54, 1.807) is 0 Å². The summed E-state index contributed by atoms with van der Waals surface area (Å²) in [6.45, 7) is -0.248. The lowest BCUT2D eigenvalue weighted by atomic mass is 9.68. The van der Waals surface area contributed by atoms with Crippen molar-refractivity contribution in [3.63, 3.8) is 0 Å². The van der Waals surface area contributed by atoms with Crippen LogP contribution in [0.4, 0.5) is 0 Å². The molecule has 0 saturated heterocycles. The van der Waals surface area contributed by atoms with Crippen molar-refractivity contribution in [2.45, 2.75) is 17.6 Å². The van der Waals surface area contributed by atoms with Gasteiger partial charge in [-0.05, 0) is 57.6 Å². The molecule has 4 aromatic carbocycles. The largest absolute Gasteiger partial charge is 0.490 e. The quantitative estimate of drug-likeness (QED) is 0.127. The summed E-state index contributed by atoms with van der Waals surface area (Å²) in [7, 11) is 0. The SMILES string of the molecule is NCC(=O)OC(CCl)COc1ccc(C2(c3ccc(OC[C@@H](CCl)OC(=O)CN)cc3)c3ccccc3-c3ccccc32)cc1. The summed E-state index contributed by atoms with van der Waals surface area (Å²) in [5, 5.41) is 0. The van der Waals surface area contributed by atoms with Crippen molar-refractivity contribution < 1.29 is 28.5 Å². The molecule has 1 aliphatic rings. The van der Waals surface area contributed by atoms with Gasteiger partial charge in [-0.15, -0.1) is 23.2 Å². The van der Waals surface area contributed by atoms with Crippen LogP contribution >= 0.6 is 23.2 Å². The molecule has 0 fully saturated rings. The lowest BCUT2D eigenvalue weighted by Crippen LogP contribution is -2.30. The summed E-state index contributed by atoms with van der Waals surface area (Å²) in [5.74, 6) is 0.327. The number of hydrogen-bond donors (Lipinski definition) is 2. The topological polar surface area (TPSA) is 123 Å². The van der Waals surface area contributed by atoms with E-state index >= 15 is 0 Å². The predicted octanol–water partition coefficient (Wildman–Crippen LogP) is 5.03. The van der Waals surface area contributed by atoms with Crippen LogP contribution in [0.15, 0.2) is 97.1 Å². The van der Waals surface area contributed by atoms with E-state index in [2.05, 4.69) is 72.8 Å². The highest BCUT2D eigenvalue weighted by molar-refractivity contribution is 6.18. The van der Waals surface area contributed by atoms with Gasteiger partial charge in [0.15, 0.2) is 0 Å². The summed E-state index contributed by atoms with van der Waals surface area (Å²) < 4.78 is 22.3. The molecule has 1 aliphatic carbocycles. The van der Waals surface area contributed by atoms with Crippen LogP contribution in [0.25, 0.3) is 11.1 Å². The number of alkyl halides is 2. The highest BCUT2D eigenvalue weighted by atomic mass is 35.5. The molecule has 4 aromatic rings. The molecule has 45 heavy (non-hydrogen) atoms. The number of hydrogen-bond acceptors (Lipinski definition) is 8. The molecule has 0 aliphatic heterocycles. The Balaban J connectivity index is 1.48. The smallest absolute Gasteiger partial charge is 0.320 e. The van der Waals surface area contributed by atoms with Gasteiger partial charge in [0.1, 0.15) is 36.9 Å². The van der Waals surface area contributed by atoms with Gasteiger partial charge in [-0.3, -0.25) is 9.59 Å². The van der Waals surface area contributed by atoms with Crippen molar-refractivity contribution in [3.8, 4) is 22.6 Å². The minimum absolute atomic E-state index is 0.0889. The molecular formula is C35H34Cl2N2O6. The summed E-state index contributed by atoms with van der Waals surface area (Å²) >= 11 is 11.9. The van der Waals surface area contributed by atoms with E-state index in [9.17, 15) is 9.59 Å². The first-order valence-electron chi connectivity index (χ1n) is 14.5. The third kappa shape index (κ3) is 6.79. The highest BCUT2D eigenvalue weighted by Gasteiger charge is 2.45. The normalized spacial score (nSPS) is 14.0. The third-order valence-electron chi connectivity index (χ3n) is 7.67. The fraction of sp³-hybridized carbons (Fsp3) is 0.257. The van der Waals surface area contributed by atoms with E-state index in [-0.39, 0.29) is 38.1 Å². The van der Waals surface area contributed by atoms with Crippen LogP contribution in [-0.2, 0) is 24.5 Å². The molecule has 0 heterocycles. The Labute approximate surface area is 272 Å². The first kappa shape index (κ1) is 32.3. The van der Waals surface area contributed by atoms with Gasteiger partial charge >= 0.3 is 11.9 Å². The summed E-state index contributed by atoms with van der Waals surface area (Å²) in [5.41, 5.74) is 16.8. The van der Waals surface area contributed by atoms with Crippen LogP contribution in [0.3, 0.4) is 0 Å². The Kier molecular flexibility index (Phi) is 10.6. The average molecular weight is 650 g/mol. The Morgan fingerprint density at radius 2 is 0.978 bits per heavy atom. The van der Waals surface area contributed by atoms with Gasteiger partial charge in [-0.2, -0.15) is 0 Å². The van der Waals surface area contributed by atoms with Gasteiger partial charge in [-0.1, -0.05) is 72.8 Å². The van der Waals surface area contributed by atoms with Crippen LogP contribution < -0.4 is 20.9 Å². The molecular weight excluding hydrogens is 615 g/mol. The molecule has 8 nitrogen and oxygen atoms in total. The first-order chi connectivity index (χ1) is 21.9. The highest BCUT2D eigenvalue weighted by Crippen LogP contribution is 2.56. The molecule has 0 spiro atoms. The molecule has 234 valence electrons. The Bertz CT molecular complexity index is 1490. The van der Waals surface area contributed by atoms with E-state index in [4.69, 9.17) is 53.6 Å². The summed E-state index contributed by atoms with van der Waals surface area (Å²) in [6, 6.07) is 32.7. The van der Waals surface area contributed by atoms with E-state index in [1.165, 1.54) is 0 Å². The number of fused-ring (bicyclic) bond motifs is 3. The molecule has 0 amide bonds. The third-order valence-corrected chi connectivity index (χ3v) is 8.36. The van der Waals surface area contributed by atoms with Crippen LogP contribution in [-0.4, -0.2) is 62.2 Å². The minimum Gasteiger partial charge on any atom is -0.490 e. The van der Waals surface area contributed by atoms with Crippen LogP contribution in [0.5, 0.6) is 11.5 Å². The fourth-order valence-electron chi connectivity index (χ4n) is 5.69. The zero-order valence-electron chi connectivity index (χ0n) is 24.5. The Morgan fingerprint density at radius 1 is 0.600 bits per heavy atom. The van der Waals surface area contributed by atoms with Gasteiger partial charge in [-0.25, -0.2) is 0 Å². The number of nitrogens with two attached hydrogens (primary N) is 2. The second-order valence-electron chi connectivity index (χ2n) is 10.5. The number of rotatable bonds is 14. The maximum atomic E-state index is 11.6. The molecule has 0 bridgehead atoms. The van der Waals surface area contributed by atoms with E-state index < -0.39 is 29.6 Å². The molecule has 2 atom stereocenters. The molecule has 0 aromatic heterocycles. The molecule has 1 unspecified atom stereocenters. The van der Waals surface area contributed by atoms with Crippen molar-refractivity contribution in [1.82, 2.24) is 0 Å². The van der Waals surface area contributed by atoms with Gasteiger partial charge in [0, 0.05) is 0 Å². The van der Waals surface area contributed by atoms with Crippen molar-refractivity contribution in [2.24, 2.45) is 11.5 Å². The van der Waals surface area contributed by atoms with Gasteiger partial charge in [0.2, 0.25) is 0 Å². The maximum Gasteiger partial charge on any atom is 0.320 e. The van der Waals surface area contributed by atoms with Crippen molar-refractivity contribution in [3.05, 3.63) is 119 Å². The summed E-state index contributed by atoms with van der Waals surface area (Å²) in [6.07, 6.45) is -1.23. The number of ether oxygens (including phenoxy) is 4. The number of carbonyl (C=O) groups is 2. The Morgan fingerprint density at radius 3 is 1.33 bits per heavy atom. The van der Waals surface area contributed by atoms with Crippen LogP contribution in [0, 0.1) is 0 Å². The summed E-state index contributed by atoms with van der Waals surface area (Å²) in [4.78, 5) is 23.2. The van der Waals surface area contributed by atoms with Crippen LogP contribution in [0.1, 0.15) is 22.3 Å². The Hall–Kier alpha value is -4.08. The van der Waals surface area contributed by atoms with E-state index in [0.717, 1.165) is 33.4 Å². The zero-order chi connectivity index (χ0) is 31.8. The van der Waals surface area contributed by atoms with Gasteiger partial charge in [0.05, 0.1) is 30.3 Å². The van der Waals surface area contributed by atoms with Crippen molar-refractivity contribution in [2.75, 3.05) is 38.1 Å². The fourth-order valence-corrected chi connectivity index (χ4v) is 6.00. The van der Waals surface area contributed by atoms with E-state index in [0.29, 0.717) is 11.5 Å². The molecule has 0 radical (unpaired) electrons. The average Bonchev–Trinajstić information content (AvgIpc) is 3.39. The zero-order valence-corrected chi connectivity index (χ0v) is 26.0. The minimum atomic E-state index is -0.630. The second kappa shape index (κ2) is 14.8. The number of carbonyl (C=O) groups excluding carboxylic acids is 2. The lowest BCUT2D eigenvalue weighted by molar-refractivity contribution is -0.148.